The molecule has 14 heavy (non-hydrogen) atoms. The van der Waals surface area contributed by atoms with E-state index in [1.807, 2.05) is 0 Å². The molecule has 0 saturated carbocycles. The molecule has 0 fully saturated rings. The van der Waals surface area contributed by atoms with Crippen LogP contribution in [-0.2, 0) is 0 Å². The van der Waals surface area contributed by atoms with Crippen molar-refractivity contribution in [3.63, 3.8) is 0 Å². The first-order valence-corrected chi connectivity index (χ1v) is 3.57. The molecule has 0 aliphatic rings. The fourth-order valence-electron chi connectivity index (χ4n) is 1.02. The number of nitrogens with zero attached hydrogens (tertiary/aromatic N) is 1. The fourth-order valence-corrected chi connectivity index (χ4v) is 1.02. The molecule has 0 unspecified atom stereocenters. The number of benzene rings is 1. The molecule has 0 spiro atoms. The third kappa shape index (κ3) is 1.63. The zero-order chi connectivity index (χ0) is 10.2. The Morgan fingerprint density at radius 1 is 1.36 bits per heavy atom. The topological polar surface area (TPSA) is 35.3 Å². The van der Waals surface area contributed by atoms with Gasteiger partial charge < -0.3 is 9.15 Å². The van der Waals surface area contributed by atoms with Crippen molar-refractivity contribution in [2.24, 2.45) is 0 Å². The summed E-state index contributed by atoms with van der Waals surface area (Å²) in [5, 5.41) is 0. The summed E-state index contributed by atoms with van der Waals surface area (Å²) in [6.45, 7) is 0. The Morgan fingerprint density at radius 3 is 2.86 bits per heavy atom. The highest BCUT2D eigenvalue weighted by Crippen LogP contribution is 2.29. The predicted molar refractivity (Wildman–Crippen MR) is 39.5 cm³/mol. The summed E-state index contributed by atoms with van der Waals surface area (Å²) >= 11 is 0. The standard InChI is InChI=1S/C8H3F3NO2/c9-8(10,11)14-6-3-1-2-5-7(6)13-4-12-5/h1-3H. The summed E-state index contributed by atoms with van der Waals surface area (Å²) in [5.74, 6) is -0.413. The normalized spacial score (nSPS) is 11.9. The van der Waals surface area contributed by atoms with Gasteiger partial charge in [-0.3, -0.25) is 0 Å². The van der Waals surface area contributed by atoms with E-state index in [0.29, 0.717) is 0 Å². The number of hydrogen-bond donors (Lipinski definition) is 0. The molecule has 0 saturated heterocycles. The average Bonchev–Trinajstić information content (AvgIpc) is 2.49. The highest BCUT2D eigenvalue weighted by atomic mass is 19.4. The molecular formula is C8H3F3NO2. The van der Waals surface area contributed by atoms with Crippen molar-refractivity contribution in [3.05, 3.63) is 24.6 Å². The van der Waals surface area contributed by atoms with Crippen LogP contribution in [-0.4, -0.2) is 11.3 Å². The van der Waals surface area contributed by atoms with Crippen molar-refractivity contribution >= 4 is 11.1 Å². The Labute approximate surface area is 76.1 Å². The van der Waals surface area contributed by atoms with Crippen LogP contribution in [0.3, 0.4) is 0 Å². The van der Waals surface area contributed by atoms with Gasteiger partial charge in [0.2, 0.25) is 0 Å². The van der Waals surface area contributed by atoms with E-state index in [2.05, 4.69) is 20.5 Å². The number of aromatic nitrogens is 1. The van der Waals surface area contributed by atoms with Crippen molar-refractivity contribution < 1.29 is 22.3 Å². The van der Waals surface area contributed by atoms with Crippen LogP contribution in [0, 0.1) is 6.39 Å². The summed E-state index contributed by atoms with van der Waals surface area (Å²) in [5.41, 5.74) is 0.205. The highest BCUT2D eigenvalue weighted by Gasteiger charge is 2.32. The van der Waals surface area contributed by atoms with Gasteiger partial charge in [0.25, 0.3) is 6.39 Å². The number of halogens is 3. The second-order valence-corrected chi connectivity index (χ2v) is 2.46. The van der Waals surface area contributed by atoms with Gasteiger partial charge in [0.1, 0.15) is 5.52 Å². The molecule has 1 radical (unpaired) electrons. The van der Waals surface area contributed by atoms with Crippen molar-refractivity contribution in [1.29, 1.82) is 0 Å². The lowest BCUT2D eigenvalue weighted by Gasteiger charge is -2.07. The SMILES string of the molecule is FC(F)(F)Oc1cccc2n[c]oc12. The van der Waals surface area contributed by atoms with Gasteiger partial charge >= 0.3 is 6.36 Å². The minimum Gasteiger partial charge on any atom is -0.428 e. The number of rotatable bonds is 1. The van der Waals surface area contributed by atoms with Crippen LogP contribution < -0.4 is 4.74 Å². The third-order valence-electron chi connectivity index (χ3n) is 1.50. The smallest absolute Gasteiger partial charge is 0.428 e. The predicted octanol–water partition coefficient (Wildman–Crippen LogP) is 2.53. The Hall–Kier alpha value is -1.72. The third-order valence-corrected chi connectivity index (χ3v) is 1.50. The second-order valence-electron chi connectivity index (χ2n) is 2.46. The van der Waals surface area contributed by atoms with Gasteiger partial charge in [0.15, 0.2) is 11.3 Å². The molecule has 6 heteroatoms. The van der Waals surface area contributed by atoms with Crippen molar-refractivity contribution in [3.8, 4) is 5.75 Å². The molecule has 0 N–H and O–H groups in total. The van der Waals surface area contributed by atoms with Crippen LogP contribution in [0.15, 0.2) is 22.6 Å². The molecule has 1 heterocycles. The number of oxazole rings is 1. The molecule has 0 aliphatic carbocycles. The quantitative estimate of drug-likeness (QED) is 0.712. The maximum atomic E-state index is 11.9. The van der Waals surface area contributed by atoms with E-state index in [-0.39, 0.29) is 11.1 Å². The number of ether oxygens (including phenoxy) is 1. The maximum absolute atomic E-state index is 11.9. The first-order valence-electron chi connectivity index (χ1n) is 3.57. The van der Waals surface area contributed by atoms with Gasteiger partial charge in [0.05, 0.1) is 0 Å². The first kappa shape index (κ1) is 8.86. The van der Waals surface area contributed by atoms with Crippen LogP contribution >= 0.6 is 0 Å². The monoisotopic (exact) mass is 202 g/mol. The number of alkyl halides is 3. The van der Waals surface area contributed by atoms with Crippen molar-refractivity contribution in [1.82, 2.24) is 4.98 Å². The Bertz CT molecular complexity index is 449. The van der Waals surface area contributed by atoms with Gasteiger partial charge in [0, 0.05) is 0 Å². The van der Waals surface area contributed by atoms with E-state index in [1.54, 1.807) is 0 Å². The molecule has 0 amide bonds. The van der Waals surface area contributed by atoms with E-state index in [0.717, 1.165) is 6.07 Å². The Morgan fingerprint density at radius 2 is 2.14 bits per heavy atom. The first-order chi connectivity index (χ1) is 6.56. The molecule has 73 valence electrons. The van der Waals surface area contributed by atoms with Crippen LogP contribution in [0.4, 0.5) is 13.2 Å². The molecule has 2 aromatic rings. The van der Waals surface area contributed by atoms with Crippen LogP contribution in [0.25, 0.3) is 11.1 Å². The molecule has 0 bridgehead atoms. The summed E-state index contributed by atoms with van der Waals surface area (Å²) in [4.78, 5) is 3.57. The Kier molecular flexibility index (Phi) is 1.83. The van der Waals surface area contributed by atoms with Gasteiger partial charge in [-0.05, 0) is 12.1 Å². The molecule has 3 nitrogen and oxygen atoms in total. The number of fused-ring (bicyclic) bond motifs is 1. The molecule has 0 aliphatic heterocycles. The lowest BCUT2D eigenvalue weighted by Crippen LogP contribution is -2.17. The average molecular weight is 202 g/mol. The maximum Gasteiger partial charge on any atom is 0.573 e. The van der Waals surface area contributed by atoms with E-state index >= 15 is 0 Å². The fraction of sp³-hybridized carbons (Fsp3) is 0.125. The van der Waals surface area contributed by atoms with E-state index in [4.69, 9.17) is 0 Å². The molecular weight excluding hydrogens is 199 g/mol. The lowest BCUT2D eigenvalue weighted by molar-refractivity contribution is -0.274. The molecule has 0 atom stereocenters. The summed E-state index contributed by atoms with van der Waals surface area (Å²) < 4.78 is 44.0. The van der Waals surface area contributed by atoms with Gasteiger partial charge in [-0.15, -0.1) is 13.2 Å². The second kappa shape index (κ2) is 2.90. The number of para-hydroxylation sites is 1. The van der Waals surface area contributed by atoms with Crippen LogP contribution in [0.2, 0.25) is 0 Å². The van der Waals surface area contributed by atoms with E-state index in [9.17, 15) is 13.2 Å². The minimum absolute atomic E-state index is 0.0650. The van der Waals surface area contributed by atoms with Gasteiger partial charge in [-0.1, -0.05) is 6.07 Å². The van der Waals surface area contributed by atoms with Crippen molar-refractivity contribution in [2.75, 3.05) is 0 Å². The largest absolute Gasteiger partial charge is 0.573 e. The van der Waals surface area contributed by atoms with E-state index < -0.39 is 12.1 Å². The highest BCUT2D eigenvalue weighted by molar-refractivity contribution is 5.78. The lowest BCUT2D eigenvalue weighted by atomic mass is 10.3. The summed E-state index contributed by atoms with van der Waals surface area (Å²) in [7, 11) is 0. The van der Waals surface area contributed by atoms with E-state index in [1.165, 1.54) is 12.1 Å². The van der Waals surface area contributed by atoms with Gasteiger partial charge in [-0.2, -0.15) is 0 Å². The summed E-state index contributed by atoms with van der Waals surface area (Å²) in [6.07, 6.45) is -2.64. The zero-order valence-electron chi connectivity index (χ0n) is 6.63. The van der Waals surface area contributed by atoms with Gasteiger partial charge in [-0.25, -0.2) is 4.98 Å². The minimum atomic E-state index is -4.74. The van der Waals surface area contributed by atoms with Crippen molar-refractivity contribution in [2.45, 2.75) is 6.36 Å². The van der Waals surface area contributed by atoms with Crippen LogP contribution in [0.5, 0.6) is 5.75 Å². The zero-order valence-corrected chi connectivity index (χ0v) is 6.63. The molecule has 1 aromatic heterocycles. The Balaban J connectivity index is 2.46. The van der Waals surface area contributed by atoms with Crippen LogP contribution in [0.1, 0.15) is 0 Å². The number of hydrogen-bond acceptors (Lipinski definition) is 3. The molecule has 2 rings (SSSR count). The summed E-state index contributed by atoms with van der Waals surface area (Å²) in [6, 6.07) is 4.03. The molecule has 1 aromatic carbocycles.